The number of hydrogen-bond donors (Lipinski definition) is 2. The van der Waals surface area contributed by atoms with Crippen molar-refractivity contribution in [1.82, 2.24) is 14.5 Å². The number of piperazine rings is 1. The number of benzene rings is 3. The lowest BCUT2D eigenvalue weighted by molar-refractivity contribution is -0.146. The van der Waals surface area contributed by atoms with Gasteiger partial charge >= 0.3 is 5.97 Å². The van der Waals surface area contributed by atoms with Crippen LogP contribution in [0.4, 0.5) is 5.69 Å². The maximum atomic E-state index is 13.5. The molecule has 0 unspecified atom stereocenters. The summed E-state index contributed by atoms with van der Waals surface area (Å²) in [5.41, 5.74) is 2.85. The minimum atomic E-state index is -3.70. The second-order valence-electron chi connectivity index (χ2n) is 9.90. The number of esters is 1. The van der Waals surface area contributed by atoms with Gasteiger partial charge in [0.25, 0.3) is 0 Å². The maximum absolute atomic E-state index is 13.5. The number of nitrogens with zero attached hydrogens (tertiary/aromatic N) is 2. The second kappa shape index (κ2) is 15.7. The van der Waals surface area contributed by atoms with Gasteiger partial charge in [0.05, 0.1) is 24.0 Å². The quantitative estimate of drug-likeness (QED) is 0.177. The second-order valence-corrected chi connectivity index (χ2v) is 12.3. The lowest BCUT2D eigenvalue weighted by Gasteiger charge is -2.39. The number of nitrogens with one attached hydrogen (secondary N) is 2. The predicted octanol–water partition coefficient (Wildman–Crippen LogP) is 3.57. The largest absolute Gasteiger partial charge is 0.463 e. The van der Waals surface area contributed by atoms with Crippen molar-refractivity contribution in [3.63, 3.8) is 0 Å². The van der Waals surface area contributed by atoms with Crippen molar-refractivity contribution >= 4 is 44.9 Å². The number of thiocarbonyl (C=S) groups is 1. The molecule has 228 valence electrons. The van der Waals surface area contributed by atoms with Gasteiger partial charge in [-0.3, -0.25) is 14.5 Å². The maximum Gasteiger partial charge on any atom is 0.306 e. The molecule has 0 atom stereocenters. The van der Waals surface area contributed by atoms with Gasteiger partial charge in [-0.25, -0.2) is 8.42 Å². The fraction of sp³-hybridized carbons (Fsp3) is 0.323. The smallest absolute Gasteiger partial charge is 0.306 e. The summed E-state index contributed by atoms with van der Waals surface area (Å²) in [6.07, 6.45) is -0.173. The third-order valence-electron chi connectivity index (χ3n) is 6.98. The molecule has 1 heterocycles. The fourth-order valence-corrected chi connectivity index (χ4v) is 6.48. The van der Waals surface area contributed by atoms with Gasteiger partial charge in [-0.2, -0.15) is 4.31 Å². The molecule has 3 aromatic rings. The number of methoxy groups -OCH3 is 1. The summed E-state index contributed by atoms with van der Waals surface area (Å²) in [6.45, 7) is 2.33. The van der Waals surface area contributed by atoms with Gasteiger partial charge in [0.2, 0.25) is 15.9 Å². The third-order valence-corrected chi connectivity index (χ3v) is 9.10. The highest BCUT2D eigenvalue weighted by Crippen LogP contribution is 2.30. The van der Waals surface area contributed by atoms with Gasteiger partial charge in [-0.1, -0.05) is 60.7 Å². The van der Waals surface area contributed by atoms with E-state index in [1.807, 2.05) is 36.4 Å². The Morgan fingerprint density at radius 1 is 0.837 bits per heavy atom. The summed E-state index contributed by atoms with van der Waals surface area (Å²) in [4.78, 5) is 26.2. The molecule has 4 rings (SSSR count). The zero-order valence-corrected chi connectivity index (χ0v) is 25.6. The van der Waals surface area contributed by atoms with Gasteiger partial charge in [-0.15, -0.1) is 0 Å². The minimum Gasteiger partial charge on any atom is -0.463 e. The molecule has 0 spiro atoms. The highest BCUT2D eigenvalue weighted by molar-refractivity contribution is 7.89. The van der Waals surface area contributed by atoms with Crippen LogP contribution < -0.4 is 10.6 Å². The Labute approximate surface area is 258 Å². The van der Waals surface area contributed by atoms with E-state index in [1.165, 1.54) is 34.7 Å². The molecule has 0 saturated carbocycles. The predicted molar refractivity (Wildman–Crippen MR) is 168 cm³/mol. The molecule has 1 fully saturated rings. The number of rotatable bonds is 12. The molecule has 43 heavy (non-hydrogen) atoms. The Bertz CT molecular complexity index is 1420. The van der Waals surface area contributed by atoms with E-state index in [-0.39, 0.29) is 42.1 Å². The van der Waals surface area contributed by atoms with Crippen LogP contribution in [0.1, 0.15) is 30.0 Å². The van der Waals surface area contributed by atoms with E-state index in [4.69, 9.17) is 21.7 Å². The van der Waals surface area contributed by atoms with Crippen LogP contribution in [0.3, 0.4) is 0 Å². The van der Waals surface area contributed by atoms with Crippen molar-refractivity contribution in [2.45, 2.75) is 23.8 Å². The SMILES string of the molecule is COCCOC(=O)CCC(=O)NC(=S)Nc1ccc(S(=O)(=O)N2CCN(C(c3ccccc3)c3ccccc3)CC2)cc1. The molecule has 0 bridgehead atoms. The fourth-order valence-electron chi connectivity index (χ4n) is 4.82. The highest BCUT2D eigenvalue weighted by Gasteiger charge is 2.32. The Hall–Kier alpha value is -3.68. The van der Waals surface area contributed by atoms with Crippen LogP contribution in [-0.4, -0.2) is 81.1 Å². The number of anilines is 1. The van der Waals surface area contributed by atoms with Crippen LogP contribution in [0.25, 0.3) is 0 Å². The number of amides is 1. The summed E-state index contributed by atoms with van der Waals surface area (Å²) in [5, 5.41) is 5.40. The van der Waals surface area contributed by atoms with E-state index >= 15 is 0 Å². The normalized spacial score (nSPS) is 14.3. The van der Waals surface area contributed by atoms with Crippen LogP contribution >= 0.6 is 12.2 Å². The van der Waals surface area contributed by atoms with E-state index < -0.39 is 21.9 Å². The summed E-state index contributed by atoms with van der Waals surface area (Å²) >= 11 is 5.18. The van der Waals surface area contributed by atoms with Gasteiger partial charge in [0.1, 0.15) is 6.61 Å². The standard InChI is InChI=1S/C31H36N4O6S2/c1-40-22-23-41-29(37)17-16-28(36)33-31(42)32-26-12-14-27(15-13-26)43(38,39)35-20-18-34(19-21-35)30(24-8-4-2-5-9-24)25-10-6-3-7-11-25/h2-15,30H,16-23H2,1H3,(H2,32,33,36,42). The van der Waals surface area contributed by atoms with Crippen LogP contribution in [0.15, 0.2) is 89.8 Å². The molecule has 2 N–H and O–H groups in total. The van der Waals surface area contributed by atoms with Crippen LogP contribution in [-0.2, 0) is 29.1 Å². The molecule has 0 aliphatic carbocycles. The monoisotopic (exact) mass is 624 g/mol. The minimum absolute atomic E-state index is 0.0378. The molecule has 1 amide bonds. The van der Waals surface area contributed by atoms with Crippen LogP contribution in [0, 0.1) is 0 Å². The van der Waals surface area contributed by atoms with Crippen molar-refractivity contribution in [2.75, 3.05) is 51.8 Å². The van der Waals surface area contributed by atoms with E-state index in [0.717, 1.165) is 0 Å². The third kappa shape index (κ3) is 9.15. The first-order valence-corrected chi connectivity index (χ1v) is 15.8. The Kier molecular flexibility index (Phi) is 11.8. The molecule has 1 aliphatic heterocycles. The molecule has 10 nitrogen and oxygen atoms in total. The van der Waals surface area contributed by atoms with E-state index in [1.54, 1.807) is 12.1 Å². The summed E-state index contributed by atoms with van der Waals surface area (Å²) in [5.74, 6) is -0.946. The summed E-state index contributed by atoms with van der Waals surface area (Å²) < 4.78 is 38.1. The van der Waals surface area contributed by atoms with E-state index in [9.17, 15) is 18.0 Å². The Morgan fingerprint density at radius 2 is 1.42 bits per heavy atom. The lowest BCUT2D eigenvalue weighted by atomic mass is 9.96. The van der Waals surface area contributed by atoms with Crippen LogP contribution in [0.5, 0.6) is 0 Å². The van der Waals surface area contributed by atoms with Gasteiger partial charge in [0, 0.05) is 45.4 Å². The molecular formula is C31H36N4O6S2. The molecular weight excluding hydrogens is 588 g/mol. The molecule has 12 heteroatoms. The zero-order valence-electron chi connectivity index (χ0n) is 24.0. The Balaban J connectivity index is 1.30. The number of hydrogen-bond acceptors (Lipinski definition) is 8. The average molecular weight is 625 g/mol. The van der Waals surface area contributed by atoms with Gasteiger partial charge < -0.3 is 20.1 Å². The van der Waals surface area contributed by atoms with Crippen molar-refractivity contribution in [3.8, 4) is 0 Å². The van der Waals surface area contributed by atoms with Gasteiger partial charge in [0.15, 0.2) is 5.11 Å². The van der Waals surface area contributed by atoms with Gasteiger partial charge in [-0.05, 0) is 47.6 Å². The van der Waals surface area contributed by atoms with Crippen molar-refractivity contribution < 1.29 is 27.5 Å². The first kappa shape index (κ1) is 32.2. The highest BCUT2D eigenvalue weighted by atomic mass is 32.2. The first-order chi connectivity index (χ1) is 20.8. The van der Waals surface area contributed by atoms with E-state index in [2.05, 4.69) is 39.8 Å². The van der Waals surface area contributed by atoms with Crippen molar-refractivity contribution in [3.05, 3.63) is 96.1 Å². The first-order valence-electron chi connectivity index (χ1n) is 14.0. The van der Waals surface area contributed by atoms with Crippen molar-refractivity contribution in [2.24, 2.45) is 0 Å². The lowest BCUT2D eigenvalue weighted by Crippen LogP contribution is -2.49. The topological polar surface area (TPSA) is 117 Å². The number of sulfonamides is 1. The van der Waals surface area contributed by atoms with E-state index in [0.29, 0.717) is 31.9 Å². The molecule has 3 aromatic carbocycles. The number of carbonyl (C=O) groups is 2. The van der Waals surface area contributed by atoms with Crippen LogP contribution in [0.2, 0.25) is 0 Å². The Morgan fingerprint density at radius 3 is 1.98 bits per heavy atom. The average Bonchev–Trinajstić information content (AvgIpc) is 3.02. The zero-order chi connectivity index (χ0) is 30.7. The number of ether oxygens (including phenoxy) is 2. The molecule has 0 radical (unpaired) electrons. The molecule has 0 aromatic heterocycles. The van der Waals surface area contributed by atoms with Crippen molar-refractivity contribution in [1.29, 1.82) is 0 Å². The number of carbonyl (C=O) groups excluding carboxylic acids is 2. The summed E-state index contributed by atoms with van der Waals surface area (Å²) in [7, 11) is -2.21. The molecule has 1 saturated heterocycles. The molecule has 1 aliphatic rings. The summed E-state index contributed by atoms with van der Waals surface area (Å²) in [6, 6.07) is 26.8.